The molecule has 0 amide bonds. The number of halogens is 2. The van der Waals surface area contributed by atoms with Crippen molar-refractivity contribution >= 4 is 17.4 Å². The van der Waals surface area contributed by atoms with Crippen molar-refractivity contribution in [1.29, 1.82) is 0 Å². The third-order valence-electron chi connectivity index (χ3n) is 1.92. The number of ether oxygens (including phenoxy) is 2. The van der Waals surface area contributed by atoms with Crippen LogP contribution < -0.4 is 9.47 Å². The number of hydrogen-bond acceptors (Lipinski definition) is 3. The van der Waals surface area contributed by atoms with Crippen LogP contribution in [0, 0.1) is 5.82 Å². The highest BCUT2D eigenvalue weighted by Gasteiger charge is 2.24. The number of carbonyl (C=O) groups excluding carboxylic acids is 1. The molecular formula is C9H6ClFO3. The highest BCUT2D eigenvalue weighted by atomic mass is 35.5. The van der Waals surface area contributed by atoms with E-state index in [1.54, 1.807) is 0 Å². The van der Waals surface area contributed by atoms with Crippen LogP contribution in [-0.2, 0) is 0 Å². The smallest absolute Gasteiger partial charge is 0.231 e. The van der Waals surface area contributed by atoms with E-state index in [2.05, 4.69) is 0 Å². The van der Waals surface area contributed by atoms with Gasteiger partial charge in [-0.15, -0.1) is 0 Å². The predicted octanol–water partition coefficient (Wildman–Crippen LogP) is 2.41. The quantitative estimate of drug-likeness (QED) is 0.677. The van der Waals surface area contributed by atoms with E-state index in [-0.39, 0.29) is 23.1 Å². The van der Waals surface area contributed by atoms with E-state index in [0.717, 1.165) is 0 Å². The first kappa shape index (κ1) is 9.27. The second-order valence-corrected chi connectivity index (χ2v) is 3.22. The van der Waals surface area contributed by atoms with Gasteiger partial charge in [0.2, 0.25) is 6.79 Å². The Labute approximate surface area is 84.4 Å². The molecule has 0 bridgehead atoms. The van der Waals surface area contributed by atoms with Crippen molar-refractivity contribution < 1.29 is 18.7 Å². The summed E-state index contributed by atoms with van der Waals surface area (Å²) in [5.74, 6) is -0.693. The van der Waals surface area contributed by atoms with Crippen LogP contribution in [0.4, 0.5) is 4.39 Å². The van der Waals surface area contributed by atoms with Gasteiger partial charge in [-0.05, 0) is 13.0 Å². The van der Waals surface area contributed by atoms with Gasteiger partial charge in [-0.3, -0.25) is 4.79 Å². The molecule has 1 aliphatic rings. The largest absolute Gasteiger partial charge is 0.454 e. The maximum atomic E-state index is 13.4. The van der Waals surface area contributed by atoms with E-state index in [1.165, 1.54) is 13.0 Å². The van der Waals surface area contributed by atoms with Crippen molar-refractivity contribution in [2.24, 2.45) is 0 Å². The second kappa shape index (κ2) is 3.13. The summed E-state index contributed by atoms with van der Waals surface area (Å²) < 4.78 is 23.4. The molecule has 3 nitrogen and oxygen atoms in total. The van der Waals surface area contributed by atoms with Crippen LogP contribution in [0.25, 0.3) is 0 Å². The maximum Gasteiger partial charge on any atom is 0.231 e. The maximum absolute atomic E-state index is 13.4. The van der Waals surface area contributed by atoms with E-state index in [0.29, 0.717) is 5.75 Å². The molecule has 5 heteroatoms. The first-order chi connectivity index (χ1) is 6.61. The van der Waals surface area contributed by atoms with Crippen LogP contribution in [-0.4, -0.2) is 12.6 Å². The molecule has 0 unspecified atom stereocenters. The first-order valence-corrected chi connectivity index (χ1v) is 4.27. The molecule has 0 atom stereocenters. The number of Topliss-reactive ketones (excluding diaryl/α,β-unsaturated/α-hetero) is 1. The number of ketones is 1. The highest BCUT2D eigenvalue weighted by Crippen LogP contribution is 2.41. The molecule has 0 aromatic heterocycles. The summed E-state index contributed by atoms with van der Waals surface area (Å²) in [5, 5.41) is -0.204. The van der Waals surface area contributed by atoms with Crippen LogP contribution in [0.2, 0.25) is 5.02 Å². The normalized spacial score (nSPS) is 13.1. The lowest BCUT2D eigenvalue weighted by Crippen LogP contribution is -1.98. The fraction of sp³-hybridized carbons (Fsp3) is 0.222. The minimum Gasteiger partial charge on any atom is -0.454 e. The van der Waals surface area contributed by atoms with Crippen molar-refractivity contribution in [3.8, 4) is 11.5 Å². The fourth-order valence-corrected chi connectivity index (χ4v) is 1.49. The van der Waals surface area contributed by atoms with E-state index in [1.807, 2.05) is 0 Å². The summed E-state index contributed by atoms with van der Waals surface area (Å²) in [7, 11) is 0. The van der Waals surface area contributed by atoms with Gasteiger partial charge < -0.3 is 9.47 Å². The summed E-state index contributed by atoms with van der Waals surface area (Å²) in [5.41, 5.74) is -0.0840. The summed E-state index contributed by atoms with van der Waals surface area (Å²) in [6.07, 6.45) is 0. The lowest BCUT2D eigenvalue weighted by atomic mass is 10.1. The molecule has 0 spiro atoms. The topological polar surface area (TPSA) is 35.5 Å². The molecule has 0 N–H and O–H groups in total. The Morgan fingerprint density at radius 1 is 1.57 bits per heavy atom. The first-order valence-electron chi connectivity index (χ1n) is 3.90. The van der Waals surface area contributed by atoms with Gasteiger partial charge in [0.15, 0.2) is 23.1 Å². The van der Waals surface area contributed by atoms with E-state index in [4.69, 9.17) is 21.1 Å². The van der Waals surface area contributed by atoms with Crippen molar-refractivity contribution in [1.82, 2.24) is 0 Å². The number of hydrogen-bond donors (Lipinski definition) is 0. The molecule has 0 fully saturated rings. The number of fused-ring (bicyclic) bond motifs is 1. The number of rotatable bonds is 1. The molecule has 2 rings (SSSR count). The van der Waals surface area contributed by atoms with Crippen molar-refractivity contribution in [2.75, 3.05) is 6.79 Å². The molecule has 14 heavy (non-hydrogen) atoms. The second-order valence-electron chi connectivity index (χ2n) is 2.84. The predicted molar refractivity (Wildman–Crippen MR) is 47.5 cm³/mol. The monoisotopic (exact) mass is 216 g/mol. The zero-order valence-electron chi connectivity index (χ0n) is 7.27. The summed E-state index contributed by atoms with van der Waals surface area (Å²) in [6.45, 7) is 1.26. The van der Waals surface area contributed by atoms with E-state index >= 15 is 0 Å². The Balaban J connectivity index is 2.67. The Morgan fingerprint density at radius 3 is 2.93 bits per heavy atom. The van der Waals surface area contributed by atoms with Crippen LogP contribution in [0.1, 0.15) is 17.3 Å². The average molecular weight is 217 g/mol. The van der Waals surface area contributed by atoms with Crippen LogP contribution in [0.3, 0.4) is 0 Å². The van der Waals surface area contributed by atoms with Crippen LogP contribution in [0.15, 0.2) is 6.07 Å². The number of carbonyl (C=O) groups is 1. The Hall–Kier alpha value is -1.29. The Kier molecular flexibility index (Phi) is 2.07. The Morgan fingerprint density at radius 2 is 2.29 bits per heavy atom. The summed E-state index contributed by atoms with van der Waals surface area (Å²) in [4.78, 5) is 11.0. The van der Waals surface area contributed by atoms with Crippen molar-refractivity contribution in [3.05, 3.63) is 22.5 Å². The van der Waals surface area contributed by atoms with E-state index < -0.39 is 11.6 Å². The third kappa shape index (κ3) is 1.23. The summed E-state index contributed by atoms with van der Waals surface area (Å²) >= 11 is 5.66. The van der Waals surface area contributed by atoms with Gasteiger partial charge in [0.05, 0.1) is 5.56 Å². The van der Waals surface area contributed by atoms with Crippen LogP contribution >= 0.6 is 11.6 Å². The molecule has 0 saturated carbocycles. The van der Waals surface area contributed by atoms with Crippen molar-refractivity contribution in [2.45, 2.75) is 6.92 Å². The van der Waals surface area contributed by atoms with Gasteiger partial charge in [0.25, 0.3) is 0 Å². The SMILES string of the molecule is CC(=O)c1cc2c(c(Cl)c1F)OCO2. The van der Waals surface area contributed by atoms with Gasteiger partial charge in [-0.25, -0.2) is 4.39 Å². The molecule has 74 valence electrons. The molecule has 1 aromatic carbocycles. The van der Waals surface area contributed by atoms with Gasteiger partial charge in [0.1, 0.15) is 5.02 Å². The molecule has 0 saturated heterocycles. The van der Waals surface area contributed by atoms with Crippen molar-refractivity contribution in [3.63, 3.8) is 0 Å². The molecule has 0 radical (unpaired) electrons. The van der Waals surface area contributed by atoms with Gasteiger partial charge in [-0.2, -0.15) is 0 Å². The van der Waals surface area contributed by atoms with Crippen LogP contribution in [0.5, 0.6) is 11.5 Å². The summed E-state index contributed by atoms with van der Waals surface area (Å²) in [6, 6.07) is 1.30. The molecule has 1 aliphatic heterocycles. The lowest BCUT2D eigenvalue weighted by molar-refractivity contribution is 0.101. The van der Waals surface area contributed by atoms with Gasteiger partial charge in [0, 0.05) is 0 Å². The Bertz CT molecular complexity index is 417. The molecular weight excluding hydrogens is 211 g/mol. The lowest BCUT2D eigenvalue weighted by Gasteiger charge is -2.04. The third-order valence-corrected chi connectivity index (χ3v) is 2.26. The average Bonchev–Trinajstić information content (AvgIpc) is 2.58. The zero-order chi connectivity index (χ0) is 10.3. The molecule has 1 aromatic rings. The minimum atomic E-state index is -0.761. The molecule has 0 aliphatic carbocycles. The molecule has 1 heterocycles. The fourth-order valence-electron chi connectivity index (χ4n) is 1.24. The highest BCUT2D eigenvalue weighted by molar-refractivity contribution is 6.33. The standard InChI is InChI=1S/C9H6ClFO3/c1-4(12)5-2-6-9(14-3-13-6)7(10)8(5)11/h2H,3H2,1H3. The minimum absolute atomic E-state index is 0.00412. The van der Waals surface area contributed by atoms with Gasteiger partial charge in [-0.1, -0.05) is 11.6 Å². The number of benzene rings is 1. The zero-order valence-corrected chi connectivity index (χ0v) is 8.02. The van der Waals surface area contributed by atoms with Gasteiger partial charge >= 0.3 is 0 Å². The van der Waals surface area contributed by atoms with E-state index in [9.17, 15) is 9.18 Å².